The van der Waals surface area contributed by atoms with Crippen LogP contribution in [0.4, 0.5) is 0 Å². The quantitative estimate of drug-likeness (QED) is 0.815. The summed E-state index contributed by atoms with van der Waals surface area (Å²) in [7, 11) is 1.40. The highest BCUT2D eigenvalue weighted by Gasteiger charge is 2.34. The number of ether oxygens (including phenoxy) is 1. The molecule has 1 amide bonds. The maximum atomic E-state index is 11.8. The Hall–Kier alpha value is -1.40. The lowest BCUT2D eigenvalue weighted by Gasteiger charge is -2.25. The third-order valence-electron chi connectivity index (χ3n) is 2.45. The van der Waals surface area contributed by atoms with Gasteiger partial charge in [0.15, 0.2) is 5.54 Å². The minimum absolute atomic E-state index is 0.0719. The number of carbonyl (C=O) groups is 2. The van der Waals surface area contributed by atoms with E-state index in [4.69, 9.17) is 9.84 Å². The molecular formula is C12H17NO4S. The van der Waals surface area contributed by atoms with Crippen molar-refractivity contribution in [3.63, 3.8) is 0 Å². The number of hydrogen-bond acceptors (Lipinski definition) is 4. The molecule has 0 saturated carbocycles. The van der Waals surface area contributed by atoms with E-state index in [-0.39, 0.29) is 18.9 Å². The summed E-state index contributed by atoms with van der Waals surface area (Å²) < 4.78 is 4.83. The number of nitrogens with one attached hydrogen (secondary N) is 1. The van der Waals surface area contributed by atoms with E-state index >= 15 is 0 Å². The molecule has 0 aliphatic carbocycles. The van der Waals surface area contributed by atoms with Crippen LogP contribution < -0.4 is 5.32 Å². The number of aliphatic carboxylic acids is 1. The molecular weight excluding hydrogens is 254 g/mol. The van der Waals surface area contributed by atoms with Crippen molar-refractivity contribution in [1.29, 1.82) is 0 Å². The summed E-state index contributed by atoms with van der Waals surface area (Å²) >= 11 is 1.52. The van der Waals surface area contributed by atoms with Gasteiger partial charge in [-0.2, -0.15) is 0 Å². The minimum Gasteiger partial charge on any atom is -0.479 e. The maximum absolute atomic E-state index is 11.8. The summed E-state index contributed by atoms with van der Waals surface area (Å²) in [4.78, 5) is 24.9. The molecule has 18 heavy (non-hydrogen) atoms. The summed E-state index contributed by atoms with van der Waals surface area (Å²) in [6.07, 6.45) is 0.186. The first-order valence-electron chi connectivity index (χ1n) is 5.46. The van der Waals surface area contributed by atoms with Gasteiger partial charge in [-0.05, 0) is 26.0 Å². The smallest absolute Gasteiger partial charge is 0.331 e. The van der Waals surface area contributed by atoms with E-state index in [1.165, 1.54) is 25.4 Å². The zero-order valence-corrected chi connectivity index (χ0v) is 11.5. The summed E-state index contributed by atoms with van der Waals surface area (Å²) in [5.74, 6) is -1.43. The maximum Gasteiger partial charge on any atom is 0.331 e. The zero-order chi connectivity index (χ0) is 13.8. The Morgan fingerprint density at radius 2 is 2.17 bits per heavy atom. The number of carbonyl (C=O) groups excluding carboxylic acids is 1. The second kappa shape index (κ2) is 5.97. The first kappa shape index (κ1) is 14.7. The van der Waals surface area contributed by atoms with Crippen molar-refractivity contribution in [2.45, 2.75) is 25.8 Å². The highest BCUT2D eigenvalue weighted by Crippen LogP contribution is 2.16. The lowest BCUT2D eigenvalue weighted by atomic mass is 10.0. The highest BCUT2D eigenvalue weighted by atomic mass is 32.1. The first-order valence-corrected chi connectivity index (χ1v) is 6.27. The Kier molecular flexibility index (Phi) is 4.86. The number of carboxylic acids is 1. The molecule has 2 N–H and O–H groups in total. The van der Waals surface area contributed by atoms with E-state index < -0.39 is 11.5 Å². The van der Waals surface area contributed by atoms with Gasteiger partial charge in [0.05, 0.1) is 13.0 Å². The average molecular weight is 271 g/mol. The Labute approximate surface area is 110 Å². The molecule has 0 aliphatic heterocycles. The normalized spacial score (nSPS) is 13.9. The van der Waals surface area contributed by atoms with Gasteiger partial charge < -0.3 is 15.2 Å². The Morgan fingerprint density at radius 3 is 2.61 bits per heavy atom. The van der Waals surface area contributed by atoms with E-state index in [0.29, 0.717) is 0 Å². The third-order valence-corrected chi connectivity index (χ3v) is 3.45. The predicted octanol–water partition coefficient (Wildman–Crippen LogP) is 1.20. The third kappa shape index (κ3) is 3.82. The fraction of sp³-hybridized carbons (Fsp3) is 0.500. The van der Waals surface area contributed by atoms with Gasteiger partial charge in [0.25, 0.3) is 0 Å². The lowest BCUT2D eigenvalue weighted by Crippen LogP contribution is -2.55. The Morgan fingerprint density at radius 1 is 1.50 bits per heavy atom. The van der Waals surface area contributed by atoms with Crippen LogP contribution in [0.25, 0.3) is 0 Å². The van der Waals surface area contributed by atoms with Crippen LogP contribution in [0.1, 0.15) is 16.7 Å². The van der Waals surface area contributed by atoms with Crippen LogP contribution in [0.2, 0.25) is 0 Å². The molecule has 0 saturated heterocycles. The fourth-order valence-corrected chi connectivity index (χ4v) is 2.42. The fourth-order valence-electron chi connectivity index (χ4n) is 1.53. The van der Waals surface area contributed by atoms with Gasteiger partial charge in [-0.3, -0.25) is 4.79 Å². The Balaban J connectivity index is 2.65. The van der Waals surface area contributed by atoms with Crippen LogP contribution in [-0.2, 0) is 20.7 Å². The molecule has 1 heterocycles. The largest absolute Gasteiger partial charge is 0.479 e. The van der Waals surface area contributed by atoms with Crippen molar-refractivity contribution in [2.75, 3.05) is 13.7 Å². The van der Waals surface area contributed by atoms with Crippen molar-refractivity contribution in [1.82, 2.24) is 5.32 Å². The van der Waals surface area contributed by atoms with Gasteiger partial charge in [-0.25, -0.2) is 4.79 Å². The number of rotatable bonds is 6. The summed E-state index contributed by atoms with van der Waals surface area (Å²) in [5, 5.41) is 11.6. The second-order valence-electron chi connectivity index (χ2n) is 4.31. The average Bonchev–Trinajstić information content (AvgIpc) is 2.63. The molecule has 1 aromatic heterocycles. The van der Waals surface area contributed by atoms with Crippen molar-refractivity contribution in [3.8, 4) is 0 Å². The summed E-state index contributed by atoms with van der Waals surface area (Å²) in [6.45, 7) is 3.31. The first-order chi connectivity index (χ1) is 8.37. The van der Waals surface area contributed by atoms with Gasteiger partial charge in [-0.15, -0.1) is 11.3 Å². The van der Waals surface area contributed by atoms with E-state index in [1.54, 1.807) is 0 Å². The van der Waals surface area contributed by atoms with Crippen LogP contribution in [0.5, 0.6) is 0 Å². The zero-order valence-electron chi connectivity index (χ0n) is 10.6. The monoisotopic (exact) mass is 271 g/mol. The van der Waals surface area contributed by atoms with E-state index in [0.717, 1.165) is 9.75 Å². The summed E-state index contributed by atoms with van der Waals surface area (Å²) in [6, 6.07) is 3.80. The van der Waals surface area contributed by atoms with E-state index in [1.807, 2.05) is 19.1 Å². The number of carboxylic acid groups (broad SMARTS) is 1. The van der Waals surface area contributed by atoms with Gasteiger partial charge in [-0.1, -0.05) is 0 Å². The van der Waals surface area contributed by atoms with Crippen molar-refractivity contribution >= 4 is 23.2 Å². The Bertz CT molecular complexity index is 443. The number of hydrogen-bond donors (Lipinski definition) is 2. The van der Waals surface area contributed by atoms with Gasteiger partial charge in [0.2, 0.25) is 5.91 Å². The number of thiophene rings is 1. The molecule has 0 aromatic carbocycles. The molecule has 0 spiro atoms. The van der Waals surface area contributed by atoms with E-state index in [2.05, 4.69) is 5.32 Å². The number of aryl methyl sites for hydroxylation is 1. The molecule has 0 aliphatic rings. The van der Waals surface area contributed by atoms with Crippen LogP contribution in [0, 0.1) is 6.92 Å². The molecule has 0 fully saturated rings. The topological polar surface area (TPSA) is 75.6 Å². The number of methoxy groups -OCH3 is 1. The van der Waals surface area contributed by atoms with Crippen molar-refractivity contribution in [2.24, 2.45) is 0 Å². The van der Waals surface area contributed by atoms with Crippen molar-refractivity contribution < 1.29 is 19.4 Å². The van der Waals surface area contributed by atoms with Crippen LogP contribution in [0.3, 0.4) is 0 Å². The minimum atomic E-state index is -1.39. The SMILES string of the molecule is COCC(C)(NC(=O)Cc1ccc(C)s1)C(=O)O. The summed E-state index contributed by atoms with van der Waals surface area (Å²) in [5.41, 5.74) is -1.39. The molecule has 6 heteroatoms. The van der Waals surface area contributed by atoms with Crippen LogP contribution >= 0.6 is 11.3 Å². The lowest BCUT2D eigenvalue weighted by molar-refractivity contribution is -0.149. The van der Waals surface area contributed by atoms with E-state index in [9.17, 15) is 9.59 Å². The molecule has 1 aromatic rings. The predicted molar refractivity (Wildman–Crippen MR) is 68.8 cm³/mol. The molecule has 0 radical (unpaired) electrons. The molecule has 1 rings (SSSR count). The highest BCUT2D eigenvalue weighted by molar-refractivity contribution is 7.12. The molecule has 5 nitrogen and oxygen atoms in total. The van der Waals surface area contributed by atoms with Gasteiger partial charge in [0, 0.05) is 16.9 Å². The van der Waals surface area contributed by atoms with Crippen LogP contribution in [-0.4, -0.2) is 36.2 Å². The molecule has 100 valence electrons. The van der Waals surface area contributed by atoms with Crippen LogP contribution in [0.15, 0.2) is 12.1 Å². The molecule has 1 atom stereocenters. The van der Waals surface area contributed by atoms with Crippen molar-refractivity contribution in [3.05, 3.63) is 21.9 Å². The second-order valence-corrected chi connectivity index (χ2v) is 5.68. The number of amides is 1. The standard InChI is InChI=1S/C12H17NO4S/c1-8-4-5-9(18-8)6-10(14)13-12(2,7-17-3)11(15)16/h4-5H,6-7H2,1-3H3,(H,13,14)(H,15,16). The molecule has 1 unspecified atom stereocenters. The molecule has 0 bridgehead atoms. The van der Waals surface area contributed by atoms with Gasteiger partial charge in [0.1, 0.15) is 0 Å². The van der Waals surface area contributed by atoms with Gasteiger partial charge >= 0.3 is 5.97 Å².